The number of aromatic nitrogens is 2. The Morgan fingerprint density at radius 2 is 1.72 bits per heavy atom. The minimum atomic E-state index is 0.197. The molecule has 2 rings (SSSR count). The van der Waals surface area contributed by atoms with Crippen molar-refractivity contribution in [2.75, 3.05) is 11.5 Å². The molecule has 1 aromatic heterocycles. The lowest BCUT2D eigenvalue weighted by Gasteiger charge is -2.10. The molecule has 6 heteroatoms. The standard InChI is InChI=1S/C12H13ClN4O/c1-6-3-8(4-7(2)9(6)13)18-12-10(14)11(15)16-5-17-12/h3-5H,14H2,1-2H3,(H2,15,16,17). The third kappa shape index (κ3) is 2.31. The van der Waals surface area contributed by atoms with Gasteiger partial charge in [-0.05, 0) is 37.1 Å². The van der Waals surface area contributed by atoms with Gasteiger partial charge in [0.1, 0.15) is 17.8 Å². The lowest BCUT2D eigenvalue weighted by atomic mass is 10.1. The van der Waals surface area contributed by atoms with E-state index in [2.05, 4.69) is 9.97 Å². The van der Waals surface area contributed by atoms with Gasteiger partial charge in [0.15, 0.2) is 5.82 Å². The zero-order valence-electron chi connectivity index (χ0n) is 10.1. The molecule has 1 heterocycles. The molecule has 0 aliphatic heterocycles. The summed E-state index contributed by atoms with van der Waals surface area (Å²) >= 11 is 6.08. The zero-order valence-corrected chi connectivity index (χ0v) is 10.8. The van der Waals surface area contributed by atoms with Crippen LogP contribution in [0, 0.1) is 13.8 Å². The van der Waals surface area contributed by atoms with E-state index >= 15 is 0 Å². The van der Waals surface area contributed by atoms with E-state index in [0.29, 0.717) is 5.75 Å². The Labute approximate surface area is 110 Å². The average molecular weight is 265 g/mol. The zero-order chi connectivity index (χ0) is 13.3. The molecule has 0 amide bonds. The number of ether oxygens (including phenoxy) is 1. The molecule has 0 aliphatic rings. The molecule has 0 radical (unpaired) electrons. The number of halogens is 1. The fourth-order valence-corrected chi connectivity index (χ4v) is 1.66. The number of anilines is 2. The van der Waals surface area contributed by atoms with Gasteiger partial charge in [0.05, 0.1) is 0 Å². The molecule has 0 atom stereocenters. The summed E-state index contributed by atoms with van der Waals surface area (Å²) in [5, 5.41) is 0.720. The van der Waals surface area contributed by atoms with Crippen LogP contribution in [0.4, 0.5) is 11.5 Å². The number of hydrogen-bond acceptors (Lipinski definition) is 5. The molecule has 0 bridgehead atoms. The van der Waals surface area contributed by atoms with E-state index in [9.17, 15) is 0 Å². The van der Waals surface area contributed by atoms with Crippen LogP contribution >= 0.6 is 11.6 Å². The Morgan fingerprint density at radius 3 is 2.33 bits per heavy atom. The van der Waals surface area contributed by atoms with Gasteiger partial charge < -0.3 is 16.2 Å². The van der Waals surface area contributed by atoms with Crippen LogP contribution in [0.3, 0.4) is 0 Å². The van der Waals surface area contributed by atoms with E-state index in [0.717, 1.165) is 16.1 Å². The molecule has 18 heavy (non-hydrogen) atoms. The van der Waals surface area contributed by atoms with Gasteiger partial charge in [-0.1, -0.05) is 11.6 Å². The first-order valence-corrected chi connectivity index (χ1v) is 5.67. The van der Waals surface area contributed by atoms with Crippen LogP contribution in [0.2, 0.25) is 5.02 Å². The molecule has 0 spiro atoms. The van der Waals surface area contributed by atoms with Crippen molar-refractivity contribution in [2.24, 2.45) is 0 Å². The molecular weight excluding hydrogens is 252 g/mol. The van der Waals surface area contributed by atoms with Crippen LogP contribution in [-0.4, -0.2) is 9.97 Å². The van der Waals surface area contributed by atoms with Crippen LogP contribution in [0.1, 0.15) is 11.1 Å². The second-order valence-electron chi connectivity index (χ2n) is 3.95. The Bertz CT molecular complexity index is 578. The highest BCUT2D eigenvalue weighted by molar-refractivity contribution is 6.32. The summed E-state index contributed by atoms with van der Waals surface area (Å²) in [4.78, 5) is 7.72. The fraction of sp³-hybridized carbons (Fsp3) is 0.167. The second-order valence-corrected chi connectivity index (χ2v) is 4.33. The maximum Gasteiger partial charge on any atom is 0.248 e. The smallest absolute Gasteiger partial charge is 0.248 e. The molecule has 0 fully saturated rings. The van der Waals surface area contributed by atoms with Gasteiger partial charge in [0.2, 0.25) is 5.88 Å². The van der Waals surface area contributed by atoms with E-state index in [4.69, 9.17) is 27.8 Å². The van der Waals surface area contributed by atoms with Crippen LogP contribution < -0.4 is 16.2 Å². The second kappa shape index (κ2) is 4.70. The van der Waals surface area contributed by atoms with Crippen molar-refractivity contribution in [1.82, 2.24) is 9.97 Å². The quantitative estimate of drug-likeness (QED) is 0.871. The minimum Gasteiger partial charge on any atom is -0.437 e. The lowest BCUT2D eigenvalue weighted by Crippen LogP contribution is -2.02. The van der Waals surface area contributed by atoms with Crippen LogP contribution in [0.5, 0.6) is 11.6 Å². The van der Waals surface area contributed by atoms with E-state index in [1.807, 2.05) is 26.0 Å². The highest BCUT2D eigenvalue weighted by Crippen LogP contribution is 2.31. The molecular formula is C12H13ClN4O. The number of nitrogen functional groups attached to an aromatic ring is 2. The molecule has 94 valence electrons. The van der Waals surface area contributed by atoms with Crippen molar-refractivity contribution < 1.29 is 4.74 Å². The lowest BCUT2D eigenvalue weighted by molar-refractivity contribution is 0.464. The van der Waals surface area contributed by atoms with Crippen molar-refractivity contribution in [2.45, 2.75) is 13.8 Å². The predicted octanol–water partition coefficient (Wildman–Crippen LogP) is 2.70. The SMILES string of the molecule is Cc1cc(Oc2ncnc(N)c2N)cc(C)c1Cl. The highest BCUT2D eigenvalue weighted by atomic mass is 35.5. The number of nitrogens with two attached hydrogens (primary N) is 2. The van der Waals surface area contributed by atoms with Gasteiger partial charge in [-0.15, -0.1) is 0 Å². The van der Waals surface area contributed by atoms with Gasteiger partial charge in [-0.3, -0.25) is 0 Å². The highest BCUT2D eigenvalue weighted by Gasteiger charge is 2.09. The average Bonchev–Trinajstić information content (AvgIpc) is 2.32. The summed E-state index contributed by atoms with van der Waals surface area (Å²) in [6, 6.07) is 3.63. The first-order chi connectivity index (χ1) is 8.49. The molecule has 2 aromatic rings. The number of benzene rings is 1. The van der Waals surface area contributed by atoms with E-state index < -0.39 is 0 Å². The molecule has 0 aliphatic carbocycles. The summed E-state index contributed by atoms with van der Waals surface area (Å²) in [6.07, 6.45) is 1.30. The van der Waals surface area contributed by atoms with E-state index in [1.165, 1.54) is 6.33 Å². The van der Waals surface area contributed by atoms with Crippen molar-refractivity contribution in [3.05, 3.63) is 34.6 Å². The Hall–Kier alpha value is -2.01. The monoisotopic (exact) mass is 264 g/mol. The van der Waals surface area contributed by atoms with Gasteiger partial charge in [-0.2, -0.15) is 4.98 Å². The maximum absolute atomic E-state index is 6.08. The fourth-order valence-electron chi connectivity index (χ4n) is 1.55. The van der Waals surface area contributed by atoms with Crippen molar-refractivity contribution in [1.29, 1.82) is 0 Å². The van der Waals surface area contributed by atoms with Crippen LogP contribution in [-0.2, 0) is 0 Å². The van der Waals surface area contributed by atoms with Crippen LogP contribution in [0.15, 0.2) is 18.5 Å². The predicted molar refractivity (Wildman–Crippen MR) is 71.9 cm³/mol. The summed E-state index contributed by atoms with van der Waals surface area (Å²) in [7, 11) is 0. The van der Waals surface area contributed by atoms with E-state index in [-0.39, 0.29) is 17.4 Å². The largest absolute Gasteiger partial charge is 0.437 e. The number of rotatable bonds is 2. The van der Waals surface area contributed by atoms with Gasteiger partial charge in [0, 0.05) is 5.02 Å². The number of hydrogen-bond donors (Lipinski definition) is 2. The first-order valence-electron chi connectivity index (χ1n) is 5.29. The molecule has 0 unspecified atom stereocenters. The Balaban J connectivity index is 2.37. The summed E-state index contributed by atoms with van der Waals surface area (Å²) < 4.78 is 5.59. The van der Waals surface area contributed by atoms with Gasteiger partial charge >= 0.3 is 0 Å². The minimum absolute atomic E-state index is 0.197. The normalized spacial score (nSPS) is 10.4. The topological polar surface area (TPSA) is 87.0 Å². The molecule has 1 aromatic carbocycles. The molecule has 5 nitrogen and oxygen atoms in total. The third-order valence-electron chi connectivity index (χ3n) is 2.50. The van der Waals surface area contributed by atoms with Crippen molar-refractivity contribution in [3.63, 3.8) is 0 Å². The van der Waals surface area contributed by atoms with Crippen LogP contribution in [0.25, 0.3) is 0 Å². The van der Waals surface area contributed by atoms with Gasteiger partial charge in [0.25, 0.3) is 0 Å². The third-order valence-corrected chi connectivity index (χ3v) is 3.10. The summed E-state index contributed by atoms with van der Waals surface area (Å²) in [5.74, 6) is 1.05. The van der Waals surface area contributed by atoms with Gasteiger partial charge in [-0.25, -0.2) is 4.98 Å². The summed E-state index contributed by atoms with van der Waals surface area (Å²) in [6.45, 7) is 3.81. The Morgan fingerprint density at radius 1 is 1.11 bits per heavy atom. The van der Waals surface area contributed by atoms with Crippen molar-refractivity contribution in [3.8, 4) is 11.6 Å². The number of aryl methyl sites for hydroxylation is 2. The molecule has 0 saturated carbocycles. The van der Waals surface area contributed by atoms with E-state index in [1.54, 1.807) is 0 Å². The first kappa shape index (κ1) is 12.4. The Kier molecular flexibility index (Phi) is 3.25. The summed E-state index contributed by atoms with van der Waals surface area (Å²) in [5.41, 5.74) is 13.4. The van der Waals surface area contributed by atoms with Crippen molar-refractivity contribution >= 4 is 23.1 Å². The molecule has 4 N–H and O–H groups in total. The number of nitrogens with zero attached hydrogens (tertiary/aromatic N) is 2. The maximum atomic E-state index is 6.08. The molecule has 0 saturated heterocycles.